The fourth-order valence-corrected chi connectivity index (χ4v) is 3.60. The van der Waals surface area contributed by atoms with Crippen LogP contribution in [0.5, 0.6) is 0 Å². The van der Waals surface area contributed by atoms with Crippen molar-refractivity contribution >= 4 is 32.5 Å². The van der Waals surface area contributed by atoms with Crippen LogP contribution in [-0.2, 0) is 0 Å². The van der Waals surface area contributed by atoms with Crippen molar-refractivity contribution in [3.8, 4) is 16.8 Å². The molecule has 4 aromatic rings. The smallest absolute Gasteiger partial charge is 0.277 e. The molecule has 0 saturated carbocycles. The van der Waals surface area contributed by atoms with E-state index in [2.05, 4.69) is 20.5 Å². The molecular formula is C20H13BrN2O2. The van der Waals surface area contributed by atoms with Crippen LogP contribution in [0.25, 0.3) is 27.7 Å². The summed E-state index contributed by atoms with van der Waals surface area (Å²) in [5.41, 5.74) is 3.50. The van der Waals surface area contributed by atoms with Crippen LogP contribution >= 0.6 is 15.9 Å². The zero-order valence-electron chi connectivity index (χ0n) is 13.1. The van der Waals surface area contributed by atoms with Crippen molar-refractivity contribution in [1.29, 1.82) is 0 Å². The third-order valence-electron chi connectivity index (χ3n) is 4.21. The monoisotopic (exact) mass is 392 g/mol. The number of aromatic nitrogens is 1. The Morgan fingerprint density at radius 3 is 2.36 bits per heavy atom. The quantitative estimate of drug-likeness (QED) is 0.318. The third kappa shape index (κ3) is 2.62. The van der Waals surface area contributed by atoms with Crippen molar-refractivity contribution in [3.05, 3.63) is 93.6 Å². The van der Waals surface area contributed by atoms with Crippen LogP contribution in [0, 0.1) is 10.1 Å². The van der Waals surface area contributed by atoms with Gasteiger partial charge >= 0.3 is 0 Å². The Bertz CT molecular complexity index is 1100. The van der Waals surface area contributed by atoms with E-state index in [4.69, 9.17) is 0 Å². The number of nitro benzene ring substituents is 1. The molecule has 4 nitrogen and oxygen atoms in total. The molecule has 0 unspecified atom stereocenters. The molecule has 1 heterocycles. The molecule has 4 rings (SSSR count). The molecule has 0 radical (unpaired) electrons. The Morgan fingerprint density at radius 2 is 1.56 bits per heavy atom. The summed E-state index contributed by atoms with van der Waals surface area (Å²) >= 11 is 3.59. The number of hydrogen-bond donors (Lipinski definition) is 0. The average molecular weight is 393 g/mol. The second-order valence-electron chi connectivity index (χ2n) is 5.65. The van der Waals surface area contributed by atoms with E-state index in [0.717, 1.165) is 26.6 Å². The lowest BCUT2D eigenvalue weighted by atomic mass is 10.0. The summed E-state index contributed by atoms with van der Waals surface area (Å²) < 4.78 is 3.02. The number of nitrogens with zero attached hydrogens (tertiary/aromatic N) is 2. The highest BCUT2D eigenvalue weighted by atomic mass is 79.9. The first kappa shape index (κ1) is 15.6. The molecule has 0 atom stereocenters. The summed E-state index contributed by atoms with van der Waals surface area (Å²) in [5.74, 6) is 0. The third-order valence-corrected chi connectivity index (χ3v) is 4.88. The first-order chi connectivity index (χ1) is 12.2. The van der Waals surface area contributed by atoms with Gasteiger partial charge in [0, 0.05) is 27.7 Å². The number of hydrogen-bond acceptors (Lipinski definition) is 2. The maximum absolute atomic E-state index is 11.5. The largest absolute Gasteiger partial charge is 0.315 e. The van der Waals surface area contributed by atoms with Gasteiger partial charge in [-0.25, -0.2) is 0 Å². The number of rotatable bonds is 3. The van der Waals surface area contributed by atoms with Crippen molar-refractivity contribution in [3.63, 3.8) is 0 Å². The Kier molecular flexibility index (Phi) is 3.86. The lowest BCUT2D eigenvalue weighted by Gasteiger charge is -2.12. The summed E-state index contributed by atoms with van der Waals surface area (Å²) in [6, 6.07) is 22.7. The Labute approximate surface area is 152 Å². The number of halogens is 1. The maximum atomic E-state index is 11.5. The van der Waals surface area contributed by atoms with Gasteiger partial charge in [-0.1, -0.05) is 42.5 Å². The predicted molar refractivity (Wildman–Crippen MR) is 103 cm³/mol. The van der Waals surface area contributed by atoms with Gasteiger partial charge in [-0.15, -0.1) is 0 Å². The molecule has 0 aliphatic rings. The standard InChI is InChI=1S/C20H13BrN2O2/c21-17-9-2-4-11-19(17)22-13-12-14-6-5-8-16(20(14)22)15-7-1-3-10-18(15)23(24)25/h1-13H. The van der Waals surface area contributed by atoms with Gasteiger partial charge in [-0.05, 0) is 40.2 Å². The van der Waals surface area contributed by atoms with E-state index < -0.39 is 0 Å². The molecule has 0 aliphatic heterocycles. The molecule has 5 heteroatoms. The molecule has 0 spiro atoms. The van der Waals surface area contributed by atoms with Gasteiger partial charge in [0.25, 0.3) is 5.69 Å². The second kappa shape index (κ2) is 6.18. The van der Waals surface area contributed by atoms with Gasteiger partial charge in [-0.2, -0.15) is 0 Å². The van der Waals surface area contributed by atoms with Crippen LogP contribution in [0.1, 0.15) is 0 Å². The van der Waals surface area contributed by atoms with Crippen molar-refractivity contribution in [1.82, 2.24) is 4.57 Å². The molecule has 0 fully saturated rings. The van der Waals surface area contributed by atoms with Gasteiger partial charge in [0.05, 0.1) is 21.7 Å². The van der Waals surface area contributed by atoms with E-state index in [1.807, 2.05) is 60.8 Å². The van der Waals surface area contributed by atoms with Crippen molar-refractivity contribution in [2.24, 2.45) is 0 Å². The summed E-state index contributed by atoms with van der Waals surface area (Å²) in [7, 11) is 0. The van der Waals surface area contributed by atoms with Gasteiger partial charge in [0.15, 0.2) is 0 Å². The van der Waals surface area contributed by atoms with Gasteiger partial charge in [-0.3, -0.25) is 10.1 Å². The molecule has 0 amide bonds. The Morgan fingerprint density at radius 1 is 0.840 bits per heavy atom. The zero-order chi connectivity index (χ0) is 17.4. The molecule has 1 aromatic heterocycles. The van der Waals surface area contributed by atoms with E-state index in [1.165, 1.54) is 0 Å². The summed E-state index contributed by atoms with van der Waals surface area (Å²) in [5, 5.41) is 12.5. The van der Waals surface area contributed by atoms with Crippen LogP contribution in [0.3, 0.4) is 0 Å². The second-order valence-corrected chi connectivity index (χ2v) is 6.51. The fraction of sp³-hybridized carbons (Fsp3) is 0. The lowest BCUT2D eigenvalue weighted by Crippen LogP contribution is -1.97. The molecule has 0 bridgehead atoms. The van der Waals surface area contributed by atoms with Crippen LogP contribution in [0.4, 0.5) is 5.69 Å². The summed E-state index contributed by atoms with van der Waals surface area (Å²) in [4.78, 5) is 11.1. The Balaban J connectivity index is 2.06. The number of fused-ring (bicyclic) bond motifs is 1. The number of nitro groups is 1. The molecule has 0 saturated heterocycles. The number of benzene rings is 3. The maximum Gasteiger partial charge on any atom is 0.277 e. The van der Waals surface area contributed by atoms with Crippen LogP contribution in [0.15, 0.2) is 83.5 Å². The van der Waals surface area contributed by atoms with Gasteiger partial charge in [0.1, 0.15) is 0 Å². The summed E-state index contributed by atoms with van der Waals surface area (Å²) in [6.45, 7) is 0. The average Bonchev–Trinajstić information content (AvgIpc) is 3.06. The van der Waals surface area contributed by atoms with E-state index in [9.17, 15) is 10.1 Å². The Hall–Kier alpha value is -2.92. The normalized spacial score (nSPS) is 10.9. The highest BCUT2D eigenvalue weighted by Crippen LogP contribution is 2.37. The first-order valence-corrected chi connectivity index (χ1v) is 8.55. The fourth-order valence-electron chi connectivity index (χ4n) is 3.12. The molecule has 25 heavy (non-hydrogen) atoms. The van der Waals surface area contributed by atoms with E-state index in [1.54, 1.807) is 18.2 Å². The van der Waals surface area contributed by atoms with E-state index in [0.29, 0.717) is 5.56 Å². The van der Waals surface area contributed by atoms with Crippen LogP contribution in [0.2, 0.25) is 0 Å². The van der Waals surface area contributed by atoms with Crippen molar-refractivity contribution in [2.45, 2.75) is 0 Å². The van der Waals surface area contributed by atoms with Crippen molar-refractivity contribution < 1.29 is 4.92 Å². The highest BCUT2D eigenvalue weighted by molar-refractivity contribution is 9.10. The molecule has 122 valence electrons. The zero-order valence-corrected chi connectivity index (χ0v) is 14.7. The minimum atomic E-state index is -0.333. The number of para-hydroxylation sites is 3. The molecule has 0 N–H and O–H groups in total. The lowest BCUT2D eigenvalue weighted by molar-refractivity contribution is -0.384. The topological polar surface area (TPSA) is 48.1 Å². The minimum absolute atomic E-state index is 0.106. The van der Waals surface area contributed by atoms with Gasteiger partial charge < -0.3 is 4.57 Å². The van der Waals surface area contributed by atoms with Gasteiger partial charge in [0.2, 0.25) is 0 Å². The highest BCUT2D eigenvalue weighted by Gasteiger charge is 2.18. The minimum Gasteiger partial charge on any atom is -0.315 e. The summed E-state index contributed by atoms with van der Waals surface area (Å²) in [6.07, 6.45) is 1.99. The molecular weight excluding hydrogens is 380 g/mol. The predicted octanol–water partition coefficient (Wildman–Crippen LogP) is 5.97. The van der Waals surface area contributed by atoms with Crippen LogP contribution < -0.4 is 0 Å². The van der Waals surface area contributed by atoms with Crippen LogP contribution in [-0.4, -0.2) is 9.49 Å². The first-order valence-electron chi connectivity index (χ1n) is 7.75. The molecule has 0 aliphatic carbocycles. The van der Waals surface area contributed by atoms with Crippen molar-refractivity contribution in [2.75, 3.05) is 0 Å². The van der Waals surface area contributed by atoms with E-state index in [-0.39, 0.29) is 10.6 Å². The van der Waals surface area contributed by atoms with E-state index >= 15 is 0 Å². The molecule has 3 aromatic carbocycles. The SMILES string of the molecule is O=[N+]([O-])c1ccccc1-c1cccc2ccn(-c3ccccc3Br)c12.